The summed E-state index contributed by atoms with van der Waals surface area (Å²) in [4.78, 5) is 24.9. The Labute approximate surface area is 142 Å². The van der Waals surface area contributed by atoms with Gasteiger partial charge in [-0.05, 0) is 38.3 Å². The molecule has 0 spiro atoms. The van der Waals surface area contributed by atoms with Crippen molar-refractivity contribution in [3.05, 3.63) is 12.1 Å². The number of aromatic nitrogens is 2. The van der Waals surface area contributed by atoms with E-state index in [1.54, 1.807) is 24.0 Å². The molecular weight excluding hydrogens is 310 g/mol. The van der Waals surface area contributed by atoms with Crippen molar-refractivity contribution in [1.29, 1.82) is 0 Å². The van der Waals surface area contributed by atoms with E-state index in [0.29, 0.717) is 37.8 Å². The van der Waals surface area contributed by atoms with Crippen LogP contribution in [0.1, 0.15) is 39.5 Å². The molecule has 1 aromatic heterocycles. The van der Waals surface area contributed by atoms with Crippen LogP contribution in [-0.4, -0.2) is 52.8 Å². The molecule has 1 aliphatic rings. The van der Waals surface area contributed by atoms with Gasteiger partial charge in [0, 0.05) is 25.6 Å². The normalized spacial score (nSPS) is 15.0. The van der Waals surface area contributed by atoms with Crippen molar-refractivity contribution < 1.29 is 14.3 Å². The van der Waals surface area contributed by atoms with Gasteiger partial charge in [0.05, 0.1) is 6.61 Å². The van der Waals surface area contributed by atoms with Gasteiger partial charge >= 0.3 is 6.09 Å². The molecule has 2 heterocycles. The lowest BCUT2D eigenvalue weighted by Gasteiger charge is -2.31. The third-order valence-corrected chi connectivity index (χ3v) is 3.78. The molecule has 1 fully saturated rings. The van der Waals surface area contributed by atoms with Gasteiger partial charge in [0.25, 0.3) is 0 Å². The Hall–Kier alpha value is -2.38. The number of nitrogens with one attached hydrogen (secondary N) is 2. The summed E-state index contributed by atoms with van der Waals surface area (Å²) in [5, 5.41) is 14.1. The van der Waals surface area contributed by atoms with Gasteiger partial charge in [0.15, 0.2) is 5.82 Å². The summed E-state index contributed by atoms with van der Waals surface area (Å²) < 4.78 is 5.01. The highest BCUT2D eigenvalue weighted by molar-refractivity contribution is 5.89. The zero-order chi connectivity index (χ0) is 17.4. The highest BCUT2D eigenvalue weighted by Gasteiger charge is 2.23. The van der Waals surface area contributed by atoms with Crippen LogP contribution in [0, 0.1) is 0 Å². The summed E-state index contributed by atoms with van der Waals surface area (Å²) in [7, 11) is 0. The zero-order valence-corrected chi connectivity index (χ0v) is 14.2. The smallest absolute Gasteiger partial charge is 0.409 e. The van der Waals surface area contributed by atoms with Crippen LogP contribution in [0.5, 0.6) is 0 Å². The Balaban J connectivity index is 1.78. The third kappa shape index (κ3) is 5.36. The third-order valence-electron chi connectivity index (χ3n) is 3.78. The van der Waals surface area contributed by atoms with E-state index < -0.39 is 0 Å². The summed E-state index contributed by atoms with van der Waals surface area (Å²) in [6.45, 7) is 5.47. The first kappa shape index (κ1) is 18.0. The molecule has 1 saturated heterocycles. The molecule has 0 aromatic carbocycles. The first-order chi connectivity index (χ1) is 11.6. The van der Waals surface area contributed by atoms with Gasteiger partial charge in [-0.1, -0.05) is 6.92 Å². The molecule has 132 valence electrons. The molecule has 1 aromatic rings. The van der Waals surface area contributed by atoms with Gasteiger partial charge in [0.2, 0.25) is 5.91 Å². The molecule has 0 atom stereocenters. The van der Waals surface area contributed by atoms with Crippen LogP contribution in [-0.2, 0) is 9.53 Å². The standard InChI is InChI=1S/C16H25N5O3/c1-3-5-15(22)18-14-7-6-13(19-20-14)17-12-8-10-21(11-9-12)16(23)24-4-2/h6-7,12H,3-5,8-11H2,1-2H3,(H,17,19)(H,18,20,22). The van der Waals surface area contributed by atoms with Crippen LogP contribution < -0.4 is 10.6 Å². The number of anilines is 2. The lowest BCUT2D eigenvalue weighted by molar-refractivity contribution is -0.116. The highest BCUT2D eigenvalue weighted by Crippen LogP contribution is 2.16. The second-order valence-electron chi connectivity index (χ2n) is 5.71. The predicted molar refractivity (Wildman–Crippen MR) is 90.8 cm³/mol. The number of piperidine rings is 1. The van der Waals surface area contributed by atoms with Gasteiger partial charge < -0.3 is 20.3 Å². The second kappa shape index (κ2) is 9.05. The number of carbonyl (C=O) groups is 2. The van der Waals surface area contributed by atoms with E-state index in [2.05, 4.69) is 20.8 Å². The number of amides is 2. The van der Waals surface area contributed by atoms with Crippen LogP contribution in [0.15, 0.2) is 12.1 Å². The van der Waals surface area contributed by atoms with E-state index in [-0.39, 0.29) is 18.0 Å². The van der Waals surface area contributed by atoms with Gasteiger partial charge in [-0.15, -0.1) is 10.2 Å². The van der Waals surface area contributed by atoms with Crippen molar-refractivity contribution in [3.63, 3.8) is 0 Å². The topological polar surface area (TPSA) is 96.5 Å². The van der Waals surface area contributed by atoms with E-state index in [4.69, 9.17) is 4.74 Å². The van der Waals surface area contributed by atoms with E-state index in [1.165, 1.54) is 0 Å². The summed E-state index contributed by atoms with van der Waals surface area (Å²) in [5.74, 6) is 1.06. The Morgan fingerprint density at radius 3 is 2.46 bits per heavy atom. The zero-order valence-electron chi connectivity index (χ0n) is 14.2. The van der Waals surface area contributed by atoms with Crippen LogP contribution in [0.2, 0.25) is 0 Å². The van der Waals surface area contributed by atoms with E-state index in [1.807, 2.05) is 6.92 Å². The van der Waals surface area contributed by atoms with Gasteiger partial charge in [-0.25, -0.2) is 4.79 Å². The number of likely N-dealkylation sites (tertiary alicyclic amines) is 1. The minimum Gasteiger partial charge on any atom is -0.450 e. The summed E-state index contributed by atoms with van der Waals surface area (Å²) in [5.41, 5.74) is 0. The predicted octanol–water partition coefficient (Wildman–Crippen LogP) is 2.25. The molecule has 2 amide bonds. The molecule has 0 bridgehead atoms. The molecule has 2 rings (SSSR count). The number of carbonyl (C=O) groups excluding carboxylic acids is 2. The van der Waals surface area contributed by atoms with Crippen LogP contribution in [0.25, 0.3) is 0 Å². The maximum atomic E-state index is 11.7. The van der Waals surface area contributed by atoms with Crippen molar-refractivity contribution in [1.82, 2.24) is 15.1 Å². The van der Waals surface area contributed by atoms with Crippen molar-refractivity contribution in [2.75, 3.05) is 30.3 Å². The van der Waals surface area contributed by atoms with Crippen molar-refractivity contribution >= 4 is 23.6 Å². The molecule has 8 nitrogen and oxygen atoms in total. The van der Waals surface area contributed by atoms with Crippen LogP contribution >= 0.6 is 0 Å². The van der Waals surface area contributed by atoms with Gasteiger partial charge in [0.1, 0.15) is 5.82 Å². The lowest BCUT2D eigenvalue weighted by atomic mass is 10.1. The van der Waals surface area contributed by atoms with Gasteiger partial charge in [-0.3, -0.25) is 4.79 Å². The molecule has 8 heteroatoms. The minimum absolute atomic E-state index is 0.0566. The number of nitrogens with zero attached hydrogens (tertiary/aromatic N) is 3. The largest absolute Gasteiger partial charge is 0.450 e. The molecule has 24 heavy (non-hydrogen) atoms. The van der Waals surface area contributed by atoms with Crippen molar-refractivity contribution in [2.24, 2.45) is 0 Å². The molecule has 2 N–H and O–H groups in total. The quantitative estimate of drug-likeness (QED) is 0.827. The fourth-order valence-electron chi connectivity index (χ4n) is 2.54. The Bertz CT molecular complexity index is 541. The highest BCUT2D eigenvalue weighted by atomic mass is 16.6. The first-order valence-corrected chi connectivity index (χ1v) is 8.44. The Kier molecular flexibility index (Phi) is 6.77. The average Bonchev–Trinajstić information content (AvgIpc) is 2.58. The summed E-state index contributed by atoms with van der Waals surface area (Å²) in [6.07, 6.45) is 2.68. The number of hydrogen-bond donors (Lipinski definition) is 2. The summed E-state index contributed by atoms with van der Waals surface area (Å²) in [6, 6.07) is 3.77. The molecule has 0 unspecified atom stereocenters. The van der Waals surface area contributed by atoms with Crippen LogP contribution in [0.3, 0.4) is 0 Å². The van der Waals surface area contributed by atoms with E-state index >= 15 is 0 Å². The molecule has 1 aliphatic heterocycles. The van der Waals surface area contributed by atoms with Gasteiger partial charge in [-0.2, -0.15) is 0 Å². The fraction of sp³-hybridized carbons (Fsp3) is 0.625. The average molecular weight is 335 g/mol. The number of rotatable bonds is 6. The monoisotopic (exact) mass is 335 g/mol. The second-order valence-corrected chi connectivity index (χ2v) is 5.71. The lowest BCUT2D eigenvalue weighted by Crippen LogP contribution is -2.42. The maximum absolute atomic E-state index is 11.7. The Morgan fingerprint density at radius 2 is 1.88 bits per heavy atom. The summed E-state index contributed by atoms with van der Waals surface area (Å²) >= 11 is 0. The van der Waals surface area contributed by atoms with E-state index in [9.17, 15) is 9.59 Å². The number of hydrogen-bond acceptors (Lipinski definition) is 6. The fourth-order valence-corrected chi connectivity index (χ4v) is 2.54. The van der Waals surface area contributed by atoms with Crippen molar-refractivity contribution in [3.8, 4) is 0 Å². The van der Waals surface area contributed by atoms with Crippen molar-refractivity contribution in [2.45, 2.75) is 45.6 Å². The maximum Gasteiger partial charge on any atom is 0.409 e. The molecule has 0 radical (unpaired) electrons. The molecule has 0 aliphatic carbocycles. The van der Waals surface area contributed by atoms with Crippen LogP contribution in [0.4, 0.5) is 16.4 Å². The Morgan fingerprint density at radius 1 is 1.21 bits per heavy atom. The minimum atomic E-state index is -0.247. The number of ether oxygens (including phenoxy) is 1. The molecular formula is C16H25N5O3. The van der Waals surface area contributed by atoms with E-state index in [0.717, 1.165) is 19.3 Å². The first-order valence-electron chi connectivity index (χ1n) is 8.44. The molecule has 0 saturated carbocycles. The SMILES string of the molecule is CCCC(=O)Nc1ccc(NC2CCN(C(=O)OCC)CC2)nn1.